The van der Waals surface area contributed by atoms with Gasteiger partial charge in [0.05, 0.1) is 5.41 Å². The van der Waals surface area contributed by atoms with Crippen molar-refractivity contribution in [2.45, 2.75) is 200 Å². The molecule has 0 bridgehead atoms. The monoisotopic (exact) mass is 682 g/mol. The number of allylic oxidation sites excluding steroid dienone is 8. The van der Waals surface area contributed by atoms with Gasteiger partial charge in [0.25, 0.3) is 0 Å². The molecule has 1 N–H and O–H groups in total. The van der Waals surface area contributed by atoms with Crippen molar-refractivity contribution in [1.82, 2.24) is 4.90 Å². The lowest BCUT2D eigenvalue weighted by Gasteiger charge is -2.48. The van der Waals surface area contributed by atoms with Gasteiger partial charge in [-0.05, 0) is 116 Å². The normalized spacial score (nSPS) is 16.1. The maximum atomic E-state index is 13.2. The summed E-state index contributed by atoms with van der Waals surface area (Å²) >= 11 is 0. The summed E-state index contributed by atoms with van der Waals surface area (Å²) < 4.78 is 0. The molecule has 1 rings (SSSR count). The average molecular weight is 682 g/mol. The van der Waals surface area contributed by atoms with E-state index in [4.69, 9.17) is 0 Å². The Morgan fingerprint density at radius 2 is 1.02 bits per heavy atom. The highest BCUT2D eigenvalue weighted by atomic mass is 16.4. The zero-order chi connectivity index (χ0) is 35.7. The van der Waals surface area contributed by atoms with E-state index in [2.05, 4.69) is 81.5 Å². The first-order valence-electron chi connectivity index (χ1n) is 21.5. The van der Waals surface area contributed by atoms with Gasteiger partial charge in [-0.2, -0.15) is 0 Å². The van der Waals surface area contributed by atoms with E-state index < -0.39 is 11.4 Å². The molecule has 0 aliphatic heterocycles. The quantitative estimate of drug-likeness (QED) is 0.0534. The van der Waals surface area contributed by atoms with Crippen LogP contribution in [0, 0.1) is 17.3 Å². The van der Waals surface area contributed by atoms with E-state index in [-0.39, 0.29) is 5.92 Å². The van der Waals surface area contributed by atoms with Crippen molar-refractivity contribution in [3.63, 3.8) is 0 Å². The Balaban J connectivity index is 2.37. The molecule has 3 nitrogen and oxygen atoms in total. The van der Waals surface area contributed by atoms with Crippen LogP contribution in [0.25, 0.3) is 0 Å². The van der Waals surface area contributed by atoms with Crippen LogP contribution in [0.4, 0.5) is 0 Å². The van der Waals surface area contributed by atoms with E-state index >= 15 is 0 Å². The molecule has 0 radical (unpaired) electrons. The predicted molar refractivity (Wildman–Crippen MR) is 217 cm³/mol. The minimum absolute atomic E-state index is 0.258. The topological polar surface area (TPSA) is 40.5 Å². The highest BCUT2D eigenvalue weighted by Crippen LogP contribution is 2.52. The molecular formula is C46H83NO2. The molecule has 0 heterocycles. The minimum Gasteiger partial charge on any atom is -0.481 e. The molecule has 284 valence electrons. The van der Waals surface area contributed by atoms with Crippen LogP contribution in [-0.2, 0) is 4.79 Å². The van der Waals surface area contributed by atoms with Crippen molar-refractivity contribution < 1.29 is 9.90 Å². The maximum Gasteiger partial charge on any atom is 0.310 e. The number of carboxylic acid groups (broad SMARTS) is 1. The van der Waals surface area contributed by atoms with Gasteiger partial charge in [0, 0.05) is 6.54 Å². The molecule has 0 amide bonds. The summed E-state index contributed by atoms with van der Waals surface area (Å²) in [5.41, 5.74) is -0.533. The van der Waals surface area contributed by atoms with Gasteiger partial charge in [0.1, 0.15) is 0 Å². The molecule has 1 aliphatic carbocycles. The van der Waals surface area contributed by atoms with E-state index in [0.717, 1.165) is 51.5 Å². The van der Waals surface area contributed by atoms with Crippen LogP contribution >= 0.6 is 0 Å². The minimum atomic E-state index is -0.533. The molecule has 1 saturated carbocycles. The number of carboxylic acids is 1. The Bertz CT molecular complexity index is 866. The van der Waals surface area contributed by atoms with Crippen LogP contribution in [0.1, 0.15) is 200 Å². The first kappa shape index (κ1) is 45.4. The Kier molecular flexibility index (Phi) is 29.9. The van der Waals surface area contributed by atoms with E-state index in [1.165, 1.54) is 141 Å². The van der Waals surface area contributed by atoms with Crippen molar-refractivity contribution in [2.75, 3.05) is 20.6 Å². The van der Waals surface area contributed by atoms with Gasteiger partial charge in [-0.15, -0.1) is 0 Å². The Hall–Kier alpha value is -1.61. The number of unbranched alkanes of at least 4 members (excludes halogenated alkanes) is 18. The van der Waals surface area contributed by atoms with E-state index in [1.807, 2.05) is 0 Å². The second kappa shape index (κ2) is 32.3. The lowest BCUT2D eigenvalue weighted by molar-refractivity contribution is -0.163. The Labute approximate surface area is 306 Å². The van der Waals surface area contributed by atoms with Gasteiger partial charge < -0.3 is 10.0 Å². The highest BCUT2D eigenvalue weighted by Gasteiger charge is 2.52. The smallest absolute Gasteiger partial charge is 0.310 e. The molecule has 3 heteroatoms. The van der Waals surface area contributed by atoms with Crippen molar-refractivity contribution in [1.29, 1.82) is 0 Å². The van der Waals surface area contributed by atoms with E-state index in [9.17, 15) is 9.90 Å². The summed E-state index contributed by atoms with van der Waals surface area (Å²) in [7, 11) is 4.28. The van der Waals surface area contributed by atoms with Crippen molar-refractivity contribution in [3.8, 4) is 0 Å². The summed E-state index contributed by atoms with van der Waals surface area (Å²) in [5, 5.41) is 10.9. The second-order valence-electron chi connectivity index (χ2n) is 15.6. The number of hydrogen-bond donors (Lipinski definition) is 1. The largest absolute Gasteiger partial charge is 0.481 e. The third kappa shape index (κ3) is 22.7. The van der Waals surface area contributed by atoms with Crippen LogP contribution in [0.15, 0.2) is 48.6 Å². The van der Waals surface area contributed by atoms with Gasteiger partial charge in [0.2, 0.25) is 0 Å². The van der Waals surface area contributed by atoms with Gasteiger partial charge in [-0.25, -0.2) is 0 Å². The fourth-order valence-corrected chi connectivity index (χ4v) is 7.86. The molecule has 0 spiro atoms. The Morgan fingerprint density at radius 3 is 1.41 bits per heavy atom. The predicted octanol–water partition coefficient (Wildman–Crippen LogP) is 14.4. The first-order valence-corrected chi connectivity index (χ1v) is 21.5. The number of carbonyl (C=O) groups is 1. The highest BCUT2D eigenvalue weighted by molar-refractivity contribution is 5.75. The molecule has 0 saturated heterocycles. The number of hydrogen-bond acceptors (Lipinski definition) is 2. The lowest BCUT2D eigenvalue weighted by Crippen LogP contribution is -2.50. The van der Waals surface area contributed by atoms with Crippen LogP contribution < -0.4 is 0 Å². The fourth-order valence-electron chi connectivity index (χ4n) is 7.86. The van der Waals surface area contributed by atoms with Gasteiger partial charge >= 0.3 is 5.97 Å². The van der Waals surface area contributed by atoms with E-state index in [1.54, 1.807) is 0 Å². The molecule has 49 heavy (non-hydrogen) atoms. The van der Waals surface area contributed by atoms with Crippen molar-refractivity contribution in [2.24, 2.45) is 17.3 Å². The van der Waals surface area contributed by atoms with E-state index in [0.29, 0.717) is 5.92 Å². The lowest BCUT2D eigenvalue weighted by atomic mass is 9.56. The zero-order valence-electron chi connectivity index (χ0n) is 33.3. The molecule has 1 aliphatic rings. The first-order chi connectivity index (χ1) is 24.0. The molecule has 2 unspecified atom stereocenters. The zero-order valence-corrected chi connectivity index (χ0v) is 33.3. The van der Waals surface area contributed by atoms with Crippen molar-refractivity contribution >= 4 is 5.97 Å². The van der Waals surface area contributed by atoms with Gasteiger partial charge in [-0.3, -0.25) is 4.79 Å². The number of aliphatic carboxylic acids is 1. The molecule has 1 fully saturated rings. The molecule has 0 aromatic heterocycles. The van der Waals surface area contributed by atoms with Crippen LogP contribution in [0.2, 0.25) is 0 Å². The molecular weight excluding hydrogens is 599 g/mol. The third-order valence-corrected chi connectivity index (χ3v) is 11.1. The standard InChI is InChI=1S/C46H83NO2/c1-5-7-9-11-13-15-17-19-21-23-25-27-29-31-33-35-38-44(42-47(3)4)46(45(48)49,43-39-37-40-43)41-36-34-32-30-28-26-24-22-20-18-16-14-12-10-8-6-2/h13-16,19-22,43-44H,5-12,17-18,23-42H2,1-4H3,(H,48,49)/b15-13-,16-14-,21-19-,22-20-. The second-order valence-corrected chi connectivity index (χ2v) is 15.6. The van der Waals surface area contributed by atoms with Crippen LogP contribution in [0.5, 0.6) is 0 Å². The molecule has 0 aromatic carbocycles. The summed E-state index contributed by atoms with van der Waals surface area (Å²) in [6, 6.07) is 0. The SMILES string of the molecule is CCCCC/C=C\C/C=C\CCCCCCCCC(CN(C)C)C(CCCCCCCC/C=C\C/C=C\CCCCC)(C(=O)O)C1CCC1. The summed E-state index contributed by atoms with van der Waals surface area (Å²) in [5.74, 6) is 0.137. The van der Waals surface area contributed by atoms with Gasteiger partial charge in [0.15, 0.2) is 0 Å². The van der Waals surface area contributed by atoms with Crippen LogP contribution in [0.3, 0.4) is 0 Å². The molecule has 2 atom stereocenters. The number of rotatable bonds is 35. The third-order valence-electron chi connectivity index (χ3n) is 11.1. The number of nitrogens with zero attached hydrogens (tertiary/aromatic N) is 1. The maximum absolute atomic E-state index is 13.2. The summed E-state index contributed by atoms with van der Waals surface area (Å²) in [6.45, 7) is 5.43. The summed E-state index contributed by atoms with van der Waals surface area (Å²) in [4.78, 5) is 15.5. The van der Waals surface area contributed by atoms with Crippen molar-refractivity contribution in [3.05, 3.63) is 48.6 Å². The summed E-state index contributed by atoms with van der Waals surface area (Å²) in [6.07, 6.45) is 53.9. The molecule has 0 aromatic rings. The Morgan fingerprint density at radius 1 is 0.612 bits per heavy atom. The average Bonchev–Trinajstić information content (AvgIpc) is 3.05. The van der Waals surface area contributed by atoms with Gasteiger partial charge in [-0.1, -0.05) is 159 Å². The van der Waals surface area contributed by atoms with Crippen LogP contribution in [-0.4, -0.2) is 36.6 Å². The fraction of sp³-hybridized carbons (Fsp3) is 0.804.